The van der Waals surface area contributed by atoms with Gasteiger partial charge in [-0.2, -0.15) is 5.10 Å². The largest absolute Gasteiger partial charge is 0.492 e. The second-order valence-corrected chi connectivity index (χ2v) is 5.22. The first kappa shape index (κ1) is 17.1. The molecule has 0 saturated carbocycles. The smallest absolute Gasteiger partial charge is 0.119 e. The fourth-order valence-electron chi connectivity index (χ4n) is 2.30. The van der Waals surface area contributed by atoms with Crippen molar-refractivity contribution in [2.45, 2.75) is 26.9 Å². The summed E-state index contributed by atoms with van der Waals surface area (Å²) >= 11 is 0. The highest BCUT2D eigenvalue weighted by atomic mass is 35.5. The summed E-state index contributed by atoms with van der Waals surface area (Å²) in [6.07, 6.45) is 7.60. The summed E-state index contributed by atoms with van der Waals surface area (Å²) in [5.41, 5.74) is 3.37. The van der Waals surface area contributed by atoms with E-state index >= 15 is 0 Å². The zero-order chi connectivity index (χ0) is 15.4. The zero-order valence-electron chi connectivity index (χ0n) is 13.3. The average Bonchev–Trinajstić information content (AvgIpc) is 3.17. The molecule has 0 atom stereocenters. The highest BCUT2D eigenvalue weighted by molar-refractivity contribution is 5.85. The Balaban J connectivity index is 0.00000192. The van der Waals surface area contributed by atoms with Gasteiger partial charge in [-0.3, -0.25) is 4.68 Å². The molecule has 0 unspecified atom stereocenters. The third kappa shape index (κ3) is 4.13. The summed E-state index contributed by atoms with van der Waals surface area (Å²) in [6.45, 7) is 6.36. The van der Waals surface area contributed by atoms with Gasteiger partial charge in [0, 0.05) is 18.3 Å². The minimum absolute atomic E-state index is 0. The van der Waals surface area contributed by atoms with Gasteiger partial charge in [0.1, 0.15) is 12.4 Å². The maximum Gasteiger partial charge on any atom is 0.119 e. The van der Waals surface area contributed by atoms with E-state index in [4.69, 9.17) is 4.74 Å². The van der Waals surface area contributed by atoms with Gasteiger partial charge in [0.05, 0.1) is 31.0 Å². The number of hydrogen-bond acceptors (Lipinski definition) is 3. The van der Waals surface area contributed by atoms with Crippen molar-refractivity contribution in [3.63, 3.8) is 0 Å². The minimum Gasteiger partial charge on any atom is -0.492 e. The van der Waals surface area contributed by atoms with Crippen LogP contribution in [0.2, 0.25) is 0 Å². The number of hydrogen-bond donors (Lipinski definition) is 0. The van der Waals surface area contributed by atoms with Crippen molar-refractivity contribution >= 4 is 12.4 Å². The van der Waals surface area contributed by atoms with E-state index in [0.717, 1.165) is 30.1 Å². The Labute approximate surface area is 142 Å². The predicted octanol–water partition coefficient (Wildman–Crippen LogP) is 3.58. The van der Waals surface area contributed by atoms with Gasteiger partial charge < -0.3 is 9.30 Å². The number of benzene rings is 1. The summed E-state index contributed by atoms with van der Waals surface area (Å²) in [5, 5.41) is 4.31. The van der Waals surface area contributed by atoms with E-state index < -0.39 is 0 Å². The van der Waals surface area contributed by atoms with Gasteiger partial charge in [0.25, 0.3) is 0 Å². The van der Waals surface area contributed by atoms with Gasteiger partial charge in [-0.25, -0.2) is 4.98 Å². The average molecular weight is 333 g/mol. The molecule has 2 aromatic heterocycles. The molecule has 0 aliphatic heterocycles. The van der Waals surface area contributed by atoms with E-state index in [2.05, 4.69) is 40.6 Å². The summed E-state index contributed by atoms with van der Waals surface area (Å²) < 4.78 is 9.78. The summed E-state index contributed by atoms with van der Waals surface area (Å²) in [5.74, 6) is 0.895. The molecule has 0 bridgehead atoms. The van der Waals surface area contributed by atoms with E-state index in [1.54, 1.807) is 0 Å². The van der Waals surface area contributed by atoms with Crippen molar-refractivity contribution in [2.24, 2.45) is 0 Å². The van der Waals surface area contributed by atoms with Crippen molar-refractivity contribution in [1.82, 2.24) is 19.3 Å². The van der Waals surface area contributed by atoms with Crippen LogP contribution in [-0.2, 0) is 13.1 Å². The lowest BCUT2D eigenvalue weighted by atomic mass is 10.2. The highest BCUT2D eigenvalue weighted by Gasteiger charge is 2.07. The first-order valence-corrected chi connectivity index (χ1v) is 7.48. The van der Waals surface area contributed by atoms with Crippen molar-refractivity contribution in [2.75, 3.05) is 6.61 Å². The van der Waals surface area contributed by atoms with Crippen molar-refractivity contribution < 1.29 is 4.74 Å². The third-order valence-electron chi connectivity index (χ3n) is 3.59. The van der Waals surface area contributed by atoms with Gasteiger partial charge in [-0.05, 0) is 26.0 Å². The Morgan fingerprint density at radius 3 is 2.61 bits per heavy atom. The number of aryl methyl sites for hydroxylation is 2. The van der Waals surface area contributed by atoms with Crippen LogP contribution < -0.4 is 4.74 Å². The SMILES string of the molecule is CCn1cc(-c2cncn2CCOc2ccc(C)cc2)cn1.Cl. The number of ether oxygens (including phenoxy) is 1. The molecule has 3 aromatic rings. The summed E-state index contributed by atoms with van der Waals surface area (Å²) in [6, 6.07) is 8.10. The molecule has 23 heavy (non-hydrogen) atoms. The van der Waals surface area contributed by atoms with Crippen LogP contribution in [-0.4, -0.2) is 25.9 Å². The Kier molecular flexibility index (Phi) is 5.82. The number of rotatable bonds is 6. The van der Waals surface area contributed by atoms with Gasteiger partial charge >= 0.3 is 0 Å². The van der Waals surface area contributed by atoms with Crippen LogP contribution in [0.25, 0.3) is 11.3 Å². The summed E-state index contributed by atoms with van der Waals surface area (Å²) in [7, 11) is 0. The van der Waals surface area contributed by atoms with E-state index in [9.17, 15) is 0 Å². The van der Waals surface area contributed by atoms with Crippen LogP contribution in [0.15, 0.2) is 49.2 Å². The molecule has 0 spiro atoms. The Bertz CT molecular complexity index is 733. The van der Waals surface area contributed by atoms with Crippen LogP contribution in [0.1, 0.15) is 12.5 Å². The fraction of sp³-hybridized carbons (Fsp3) is 0.294. The van der Waals surface area contributed by atoms with Crippen molar-refractivity contribution in [3.05, 3.63) is 54.7 Å². The molecule has 1 aromatic carbocycles. The maximum absolute atomic E-state index is 5.78. The van der Waals surface area contributed by atoms with Gasteiger partial charge in [0.2, 0.25) is 0 Å². The molecule has 3 rings (SSSR count). The topological polar surface area (TPSA) is 44.9 Å². The molecular formula is C17H21ClN4O. The second kappa shape index (κ2) is 7.83. The van der Waals surface area contributed by atoms with E-state index in [1.807, 2.05) is 41.7 Å². The molecule has 2 heterocycles. The molecule has 0 radical (unpaired) electrons. The van der Waals surface area contributed by atoms with Crippen molar-refractivity contribution in [3.8, 4) is 17.0 Å². The normalized spacial score (nSPS) is 10.3. The van der Waals surface area contributed by atoms with Crippen LogP contribution in [0, 0.1) is 6.92 Å². The van der Waals surface area contributed by atoms with Gasteiger partial charge in [0.15, 0.2) is 0 Å². The van der Waals surface area contributed by atoms with E-state index in [-0.39, 0.29) is 12.4 Å². The second-order valence-electron chi connectivity index (χ2n) is 5.22. The van der Waals surface area contributed by atoms with Crippen molar-refractivity contribution in [1.29, 1.82) is 0 Å². The Hall–Kier alpha value is -2.27. The number of nitrogens with zero attached hydrogens (tertiary/aromatic N) is 4. The first-order valence-electron chi connectivity index (χ1n) is 7.48. The number of halogens is 1. The molecule has 0 aliphatic rings. The molecule has 5 nitrogen and oxygen atoms in total. The quantitative estimate of drug-likeness (QED) is 0.693. The third-order valence-corrected chi connectivity index (χ3v) is 3.59. The van der Waals surface area contributed by atoms with Crippen LogP contribution in [0.4, 0.5) is 0 Å². The highest BCUT2D eigenvalue weighted by Crippen LogP contribution is 2.18. The molecule has 122 valence electrons. The van der Waals surface area contributed by atoms with Gasteiger partial charge in [-0.1, -0.05) is 17.7 Å². The first-order chi connectivity index (χ1) is 10.8. The Morgan fingerprint density at radius 1 is 1.13 bits per heavy atom. The Morgan fingerprint density at radius 2 is 1.91 bits per heavy atom. The fourth-order valence-corrected chi connectivity index (χ4v) is 2.30. The van der Waals surface area contributed by atoms with Crippen LogP contribution in [0.3, 0.4) is 0 Å². The minimum atomic E-state index is 0. The lowest BCUT2D eigenvalue weighted by molar-refractivity contribution is 0.299. The molecule has 0 amide bonds. The predicted molar refractivity (Wildman–Crippen MR) is 93.0 cm³/mol. The molecule has 0 N–H and O–H groups in total. The number of imidazole rings is 1. The van der Waals surface area contributed by atoms with E-state index in [1.165, 1.54) is 5.56 Å². The molecule has 6 heteroatoms. The lowest BCUT2D eigenvalue weighted by Crippen LogP contribution is -2.08. The van der Waals surface area contributed by atoms with Gasteiger partial charge in [-0.15, -0.1) is 12.4 Å². The molecule has 0 aliphatic carbocycles. The molecule has 0 fully saturated rings. The van der Waals surface area contributed by atoms with Crippen LogP contribution in [0.5, 0.6) is 5.75 Å². The number of aromatic nitrogens is 4. The van der Waals surface area contributed by atoms with E-state index in [0.29, 0.717) is 6.61 Å². The standard InChI is InChI=1S/C17H20N4O.ClH/c1-3-21-12-15(10-19-21)17-11-18-13-20(17)8-9-22-16-6-4-14(2)5-7-16;/h4-7,10-13H,3,8-9H2,1-2H3;1H. The molecular weight excluding hydrogens is 312 g/mol. The molecule has 0 saturated heterocycles. The monoisotopic (exact) mass is 332 g/mol. The summed E-state index contributed by atoms with van der Waals surface area (Å²) in [4.78, 5) is 4.24. The zero-order valence-corrected chi connectivity index (χ0v) is 14.2. The van der Waals surface area contributed by atoms with Crippen LogP contribution >= 0.6 is 12.4 Å². The lowest BCUT2D eigenvalue weighted by Gasteiger charge is -2.09. The maximum atomic E-state index is 5.78.